The van der Waals surface area contributed by atoms with Crippen LogP contribution >= 0.6 is 11.8 Å². The van der Waals surface area contributed by atoms with Crippen LogP contribution in [0, 0.1) is 11.3 Å². The second kappa shape index (κ2) is 4.51. The number of carbonyl (C=O) groups excluding carboxylic acids is 1. The van der Waals surface area contributed by atoms with Crippen LogP contribution < -0.4 is 5.32 Å². The molecular formula is C13H7N3O3S. The van der Waals surface area contributed by atoms with Gasteiger partial charge in [-0.25, -0.2) is 9.79 Å². The van der Waals surface area contributed by atoms with Gasteiger partial charge in [-0.05, 0) is 29.3 Å². The number of hydrogen-bond acceptors (Lipinski definition) is 5. The molecule has 1 aromatic rings. The molecule has 1 heterocycles. The van der Waals surface area contributed by atoms with E-state index in [2.05, 4.69) is 16.4 Å². The van der Waals surface area contributed by atoms with Crippen LogP contribution in [0.4, 0.5) is 0 Å². The largest absolute Gasteiger partial charge is 0.474 e. The number of carboxylic acids is 1. The van der Waals surface area contributed by atoms with E-state index in [0.29, 0.717) is 5.56 Å². The number of carbonyl (C=O) groups is 2. The Hall–Kier alpha value is -2.59. The minimum absolute atomic E-state index is 0.257. The molecule has 0 fully saturated rings. The number of rotatable bonds is 0. The summed E-state index contributed by atoms with van der Waals surface area (Å²) in [5.41, 5.74) is 2.43. The zero-order valence-electron chi connectivity index (χ0n) is 9.95. The highest BCUT2D eigenvalue weighted by Crippen LogP contribution is 2.47. The highest BCUT2D eigenvalue weighted by Gasteiger charge is 2.33. The first-order valence-electron chi connectivity index (χ1n) is 5.64. The van der Waals surface area contributed by atoms with Gasteiger partial charge in [0, 0.05) is 4.91 Å². The third-order valence-electron chi connectivity index (χ3n) is 2.95. The first-order chi connectivity index (χ1) is 9.58. The van der Waals surface area contributed by atoms with Gasteiger partial charge in [-0.2, -0.15) is 5.26 Å². The van der Waals surface area contributed by atoms with E-state index < -0.39 is 11.9 Å². The molecule has 1 atom stereocenters. The Labute approximate surface area is 117 Å². The lowest BCUT2D eigenvalue weighted by Crippen LogP contribution is -2.33. The van der Waals surface area contributed by atoms with Crippen LogP contribution in [-0.2, 0) is 9.59 Å². The monoisotopic (exact) mass is 285 g/mol. The molecule has 0 saturated carbocycles. The zero-order valence-corrected chi connectivity index (χ0v) is 10.8. The Kier molecular flexibility index (Phi) is 2.80. The lowest BCUT2D eigenvalue weighted by atomic mass is 10.0. The van der Waals surface area contributed by atoms with Crippen molar-refractivity contribution in [2.75, 3.05) is 0 Å². The summed E-state index contributed by atoms with van der Waals surface area (Å²) in [6.07, 6.45) is 1.93. The molecule has 1 amide bonds. The number of hydrogen-bond donors (Lipinski definition) is 2. The summed E-state index contributed by atoms with van der Waals surface area (Å²) in [6, 6.07) is 7.16. The van der Waals surface area contributed by atoms with E-state index in [9.17, 15) is 9.59 Å². The van der Waals surface area contributed by atoms with Crippen molar-refractivity contribution < 1.29 is 14.7 Å². The summed E-state index contributed by atoms with van der Waals surface area (Å²) >= 11 is 1.23. The van der Waals surface area contributed by atoms with Gasteiger partial charge in [-0.1, -0.05) is 17.8 Å². The topological polar surface area (TPSA) is 103 Å². The van der Waals surface area contributed by atoms with Gasteiger partial charge < -0.3 is 5.11 Å². The molecule has 2 aliphatic rings. The summed E-state index contributed by atoms with van der Waals surface area (Å²) in [5, 5.41) is 20.0. The fraction of sp³-hybridized carbons (Fsp3) is 0.0769. The quantitative estimate of drug-likeness (QED) is 0.698. The smallest absolute Gasteiger partial charge is 0.394 e. The number of aliphatic imine (C=N–C) groups is 1. The van der Waals surface area contributed by atoms with Crippen molar-refractivity contribution in [2.45, 2.75) is 6.04 Å². The maximum Gasteiger partial charge on any atom is 0.394 e. The maximum atomic E-state index is 11.1. The van der Waals surface area contributed by atoms with Gasteiger partial charge in [0.2, 0.25) is 0 Å². The molecule has 0 radical (unpaired) electrons. The minimum atomic E-state index is -1.55. The molecule has 1 unspecified atom stereocenters. The fourth-order valence-electron chi connectivity index (χ4n) is 2.08. The SMILES string of the molecule is N#Cc1ccc2c(c1)C1N=C(NC(=O)C(=O)O)SC1=C2. The number of thioether (sulfide) groups is 1. The third kappa shape index (κ3) is 1.96. The Morgan fingerprint density at radius 1 is 1.45 bits per heavy atom. The van der Waals surface area contributed by atoms with Crippen molar-refractivity contribution in [3.63, 3.8) is 0 Å². The second-order valence-corrected chi connectivity index (χ2v) is 5.26. The normalized spacial score (nSPS) is 18.4. The number of amides is 1. The van der Waals surface area contributed by atoms with E-state index >= 15 is 0 Å². The van der Waals surface area contributed by atoms with Crippen molar-refractivity contribution in [3.8, 4) is 6.07 Å². The van der Waals surface area contributed by atoms with E-state index in [0.717, 1.165) is 16.0 Å². The molecule has 0 spiro atoms. The number of nitrogens with zero attached hydrogens (tertiary/aromatic N) is 2. The molecule has 2 N–H and O–H groups in total. The summed E-state index contributed by atoms with van der Waals surface area (Å²) in [4.78, 5) is 26.8. The van der Waals surface area contributed by atoms with E-state index in [-0.39, 0.29) is 11.2 Å². The summed E-state index contributed by atoms with van der Waals surface area (Å²) in [5.74, 6) is -2.66. The highest BCUT2D eigenvalue weighted by atomic mass is 32.2. The number of benzene rings is 1. The van der Waals surface area contributed by atoms with Crippen LogP contribution in [0.5, 0.6) is 0 Å². The fourth-order valence-corrected chi connectivity index (χ4v) is 3.08. The van der Waals surface area contributed by atoms with Crippen molar-refractivity contribution >= 4 is 34.9 Å². The van der Waals surface area contributed by atoms with Crippen LogP contribution in [0.2, 0.25) is 0 Å². The Morgan fingerprint density at radius 3 is 2.95 bits per heavy atom. The maximum absolute atomic E-state index is 11.1. The summed E-state index contributed by atoms with van der Waals surface area (Å²) in [7, 11) is 0. The summed E-state index contributed by atoms with van der Waals surface area (Å²) in [6.45, 7) is 0. The van der Waals surface area contributed by atoms with Gasteiger partial charge in [0.15, 0.2) is 5.17 Å². The number of fused-ring (bicyclic) bond motifs is 3. The van der Waals surface area contributed by atoms with Crippen LogP contribution in [0.1, 0.15) is 22.7 Å². The predicted octanol–water partition coefficient (Wildman–Crippen LogP) is 1.26. The molecule has 7 heteroatoms. The van der Waals surface area contributed by atoms with E-state index in [1.54, 1.807) is 12.1 Å². The van der Waals surface area contributed by atoms with Gasteiger partial charge in [-0.15, -0.1) is 0 Å². The van der Waals surface area contributed by atoms with Gasteiger partial charge in [-0.3, -0.25) is 10.1 Å². The lowest BCUT2D eigenvalue weighted by molar-refractivity contribution is -0.149. The average molecular weight is 285 g/mol. The van der Waals surface area contributed by atoms with E-state index in [1.165, 1.54) is 11.8 Å². The van der Waals surface area contributed by atoms with Crippen molar-refractivity contribution in [1.29, 1.82) is 5.26 Å². The molecule has 0 aromatic heterocycles. The zero-order chi connectivity index (χ0) is 14.3. The first kappa shape index (κ1) is 12.4. The highest BCUT2D eigenvalue weighted by molar-refractivity contribution is 8.17. The third-order valence-corrected chi connectivity index (χ3v) is 3.93. The molecule has 98 valence electrons. The Bertz CT molecular complexity index is 746. The molecule has 0 bridgehead atoms. The number of nitriles is 1. The van der Waals surface area contributed by atoms with Gasteiger partial charge in [0.05, 0.1) is 11.6 Å². The number of carboxylic acid groups (broad SMARTS) is 1. The Morgan fingerprint density at radius 2 is 2.25 bits per heavy atom. The molecule has 3 rings (SSSR count). The summed E-state index contributed by atoms with van der Waals surface area (Å²) < 4.78 is 0. The lowest BCUT2D eigenvalue weighted by Gasteiger charge is -2.04. The molecule has 20 heavy (non-hydrogen) atoms. The van der Waals surface area contributed by atoms with Crippen LogP contribution in [0.25, 0.3) is 6.08 Å². The molecular weight excluding hydrogens is 278 g/mol. The van der Waals surface area contributed by atoms with Crippen LogP contribution in [-0.4, -0.2) is 22.2 Å². The second-order valence-electron chi connectivity index (χ2n) is 4.20. The molecule has 1 aliphatic carbocycles. The predicted molar refractivity (Wildman–Crippen MR) is 72.7 cm³/mol. The molecule has 6 nitrogen and oxygen atoms in total. The van der Waals surface area contributed by atoms with Gasteiger partial charge in [0.1, 0.15) is 6.04 Å². The van der Waals surface area contributed by atoms with Crippen LogP contribution in [0.15, 0.2) is 28.1 Å². The average Bonchev–Trinajstić information content (AvgIpc) is 2.95. The molecule has 0 saturated heterocycles. The molecule has 1 aromatic carbocycles. The first-order valence-corrected chi connectivity index (χ1v) is 6.45. The number of nitrogens with one attached hydrogen (secondary N) is 1. The molecule has 1 aliphatic heterocycles. The standard InChI is InChI=1S/C13H7N3O3S/c14-5-6-1-2-7-4-9-10(8(7)3-6)15-13(20-9)16-11(17)12(18)19/h1-4,10H,(H,18,19)(H,15,16,17). The van der Waals surface area contributed by atoms with Crippen molar-refractivity contribution in [2.24, 2.45) is 4.99 Å². The van der Waals surface area contributed by atoms with E-state index in [4.69, 9.17) is 10.4 Å². The van der Waals surface area contributed by atoms with Crippen molar-refractivity contribution in [3.05, 3.63) is 39.8 Å². The van der Waals surface area contributed by atoms with Crippen LogP contribution in [0.3, 0.4) is 0 Å². The number of amidine groups is 1. The van der Waals surface area contributed by atoms with E-state index in [1.807, 2.05) is 12.1 Å². The van der Waals surface area contributed by atoms with Gasteiger partial charge >= 0.3 is 11.9 Å². The van der Waals surface area contributed by atoms with Crippen molar-refractivity contribution in [1.82, 2.24) is 5.32 Å². The minimum Gasteiger partial charge on any atom is -0.474 e. The Balaban J connectivity index is 1.88. The van der Waals surface area contributed by atoms with Gasteiger partial charge in [0.25, 0.3) is 0 Å². The number of aliphatic carboxylic acids is 1.